The van der Waals surface area contributed by atoms with Crippen LogP contribution in [0.15, 0.2) is 12.1 Å². The zero-order chi connectivity index (χ0) is 10.2. The number of rotatable bonds is 0. The molecule has 0 aliphatic carbocycles. The number of alkyl halides is 3. The van der Waals surface area contributed by atoms with Gasteiger partial charge in [-0.2, -0.15) is 13.2 Å². The van der Waals surface area contributed by atoms with Crippen LogP contribution in [0.5, 0.6) is 5.75 Å². The molecule has 1 nitrogen and oxygen atoms in total. The minimum absolute atomic E-state index is 0.217. The highest BCUT2D eigenvalue weighted by molar-refractivity contribution is 14.1. The van der Waals surface area contributed by atoms with Gasteiger partial charge in [0.1, 0.15) is 11.6 Å². The number of benzene rings is 1. The SMILES string of the molecule is Oc1cc(C(F)(F)F)cc(F)c1I. The summed E-state index contributed by atoms with van der Waals surface area (Å²) in [7, 11) is 0. The van der Waals surface area contributed by atoms with E-state index in [9.17, 15) is 17.6 Å². The summed E-state index contributed by atoms with van der Waals surface area (Å²) in [5, 5.41) is 8.90. The summed E-state index contributed by atoms with van der Waals surface area (Å²) in [4.78, 5) is 0. The van der Waals surface area contributed by atoms with E-state index < -0.39 is 23.3 Å². The molecule has 6 heteroatoms. The highest BCUT2D eigenvalue weighted by Gasteiger charge is 2.32. The lowest BCUT2D eigenvalue weighted by molar-refractivity contribution is -0.137. The van der Waals surface area contributed by atoms with Gasteiger partial charge in [0, 0.05) is 0 Å². The van der Waals surface area contributed by atoms with Crippen LogP contribution in [-0.2, 0) is 6.18 Å². The van der Waals surface area contributed by atoms with Crippen molar-refractivity contribution in [1.82, 2.24) is 0 Å². The fourth-order valence-corrected chi connectivity index (χ4v) is 1.05. The van der Waals surface area contributed by atoms with Gasteiger partial charge in [0.05, 0.1) is 9.13 Å². The van der Waals surface area contributed by atoms with Gasteiger partial charge >= 0.3 is 6.18 Å². The molecule has 13 heavy (non-hydrogen) atoms. The molecule has 0 aromatic heterocycles. The highest BCUT2D eigenvalue weighted by Crippen LogP contribution is 2.34. The first kappa shape index (κ1) is 10.6. The molecule has 0 saturated carbocycles. The largest absolute Gasteiger partial charge is 0.507 e. The normalized spacial score (nSPS) is 11.8. The van der Waals surface area contributed by atoms with Crippen LogP contribution in [0, 0.1) is 9.39 Å². The third kappa shape index (κ3) is 2.23. The number of hydrogen-bond donors (Lipinski definition) is 1. The number of phenolic OH excluding ortho intramolecular Hbond substituents is 1. The molecule has 0 unspecified atom stereocenters. The molecule has 0 atom stereocenters. The van der Waals surface area contributed by atoms with Gasteiger partial charge in [0.2, 0.25) is 0 Å². The molecule has 0 fully saturated rings. The molecule has 1 aromatic rings. The smallest absolute Gasteiger partial charge is 0.416 e. The molecule has 1 rings (SSSR count). The maximum absolute atomic E-state index is 12.7. The second kappa shape index (κ2) is 3.32. The topological polar surface area (TPSA) is 20.2 Å². The van der Waals surface area contributed by atoms with Crippen molar-refractivity contribution in [3.8, 4) is 5.75 Å². The van der Waals surface area contributed by atoms with Crippen LogP contribution in [0.2, 0.25) is 0 Å². The zero-order valence-electron chi connectivity index (χ0n) is 5.99. The van der Waals surface area contributed by atoms with Gasteiger partial charge in [-0.15, -0.1) is 0 Å². The summed E-state index contributed by atoms with van der Waals surface area (Å²) in [6.45, 7) is 0. The number of halogens is 5. The Morgan fingerprint density at radius 3 is 2.15 bits per heavy atom. The highest BCUT2D eigenvalue weighted by atomic mass is 127. The molecule has 0 spiro atoms. The van der Waals surface area contributed by atoms with Crippen molar-refractivity contribution >= 4 is 22.6 Å². The third-order valence-corrected chi connectivity index (χ3v) is 2.40. The van der Waals surface area contributed by atoms with Crippen LogP contribution in [-0.4, -0.2) is 5.11 Å². The van der Waals surface area contributed by atoms with Crippen molar-refractivity contribution in [2.75, 3.05) is 0 Å². The van der Waals surface area contributed by atoms with E-state index in [1.807, 2.05) is 0 Å². The van der Waals surface area contributed by atoms with E-state index in [2.05, 4.69) is 0 Å². The first-order chi connectivity index (χ1) is 5.82. The first-order valence-electron chi connectivity index (χ1n) is 3.07. The second-order valence-corrected chi connectivity index (χ2v) is 3.37. The minimum atomic E-state index is -4.64. The Morgan fingerprint density at radius 1 is 1.23 bits per heavy atom. The Kier molecular flexibility index (Phi) is 2.69. The van der Waals surface area contributed by atoms with E-state index >= 15 is 0 Å². The van der Waals surface area contributed by atoms with Gasteiger partial charge in [-0.05, 0) is 34.7 Å². The van der Waals surface area contributed by atoms with Crippen molar-refractivity contribution in [3.63, 3.8) is 0 Å². The Morgan fingerprint density at radius 2 is 1.77 bits per heavy atom. The second-order valence-electron chi connectivity index (χ2n) is 2.29. The van der Waals surface area contributed by atoms with Crippen molar-refractivity contribution in [1.29, 1.82) is 0 Å². The van der Waals surface area contributed by atoms with E-state index in [0.29, 0.717) is 12.1 Å². The summed E-state index contributed by atoms with van der Waals surface area (Å²) in [5.74, 6) is -1.78. The minimum Gasteiger partial charge on any atom is -0.507 e. The van der Waals surface area contributed by atoms with Crippen molar-refractivity contribution in [2.45, 2.75) is 6.18 Å². The van der Waals surface area contributed by atoms with Crippen LogP contribution in [0.3, 0.4) is 0 Å². The van der Waals surface area contributed by atoms with Gasteiger partial charge in [-0.3, -0.25) is 0 Å². The predicted octanol–water partition coefficient (Wildman–Crippen LogP) is 3.15. The van der Waals surface area contributed by atoms with Crippen LogP contribution in [0.25, 0.3) is 0 Å². The molecule has 0 saturated heterocycles. The summed E-state index contributed by atoms with van der Waals surface area (Å²) in [6, 6.07) is 0.840. The van der Waals surface area contributed by atoms with Crippen molar-refractivity contribution in [2.24, 2.45) is 0 Å². The molecule has 0 bridgehead atoms. The Balaban J connectivity index is 3.29. The Bertz CT molecular complexity index is 311. The average Bonchev–Trinajstić information content (AvgIpc) is 1.97. The monoisotopic (exact) mass is 306 g/mol. The van der Waals surface area contributed by atoms with Crippen molar-refractivity contribution < 1.29 is 22.7 Å². The van der Waals surface area contributed by atoms with E-state index in [1.54, 1.807) is 0 Å². The molecular formula is C7H3F4IO. The van der Waals surface area contributed by atoms with Gasteiger partial charge in [-0.1, -0.05) is 0 Å². The molecule has 72 valence electrons. The molecule has 0 aliphatic rings. The van der Waals surface area contributed by atoms with E-state index in [1.165, 1.54) is 22.6 Å². The van der Waals surface area contributed by atoms with Gasteiger partial charge in [0.25, 0.3) is 0 Å². The fraction of sp³-hybridized carbons (Fsp3) is 0.143. The number of hydrogen-bond acceptors (Lipinski definition) is 1. The van der Waals surface area contributed by atoms with Crippen molar-refractivity contribution in [3.05, 3.63) is 27.1 Å². The lowest BCUT2D eigenvalue weighted by Crippen LogP contribution is -2.05. The molecule has 0 aliphatic heterocycles. The van der Waals surface area contributed by atoms with Crippen LogP contribution in [0.1, 0.15) is 5.56 Å². The molecule has 1 aromatic carbocycles. The Hall–Kier alpha value is -0.530. The van der Waals surface area contributed by atoms with E-state index in [4.69, 9.17) is 5.11 Å². The number of phenols is 1. The van der Waals surface area contributed by atoms with Crippen LogP contribution >= 0.6 is 22.6 Å². The quantitative estimate of drug-likeness (QED) is 0.577. The maximum Gasteiger partial charge on any atom is 0.416 e. The predicted molar refractivity (Wildman–Crippen MR) is 45.8 cm³/mol. The maximum atomic E-state index is 12.7. The molecule has 0 radical (unpaired) electrons. The summed E-state index contributed by atoms with van der Waals surface area (Å²) < 4.78 is 48.5. The molecule has 0 heterocycles. The fourth-order valence-electron chi connectivity index (χ4n) is 0.738. The van der Waals surface area contributed by atoms with E-state index in [0.717, 1.165) is 0 Å². The Labute approximate surface area is 84.5 Å². The lowest BCUT2D eigenvalue weighted by Gasteiger charge is -2.08. The van der Waals surface area contributed by atoms with E-state index in [-0.39, 0.29) is 3.57 Å². The summed E-state index contributed by atoms with van der Waals surface area (Å²) in [5.41, 5.74) is -1.19. The number of aromatic hydroxyl groups is 1. The van der Waals surface area contributed by atoms with Crippen LogP contribution in [0.4, 0.5) is 17.6 Å². The molecule has 1 N–H and O–H groups in total. The molecular weight excluding hydrogens is 303 g/mol. The molecule has 0 amide bonds. The first-order valence-corrected chi connectivity index (χ1v) is 4.15. The summed E-state index contributed by atoms with van der Waals surface area (Å²) >= 11 is 1.42. The van der Waals surface area contributed by atoms with Gasteiger partial charge in [0.15, 0.2) is 0 Å². The van der Waals surface area contributed by atoms with Gasteiger partial charge in [-0.25, -0.2) is 4.39 Å². The summed E-state index contributed by atoms with van der Waals surface area (Å²) in [6.07, 6.45) is -4.64. The zero-order valence-corrected chi connectivity index (χ0v) is 8.15. The average molecular weight is 306 g/mol. The van der Waals surface area contributed by atoms with Crippen LogP contribution < -0.4 is 0 Å². The van der Waals surface area contributed by atoms with Gasteiger partial charge < -0.3 is 5.11 Å². The standard InChI is InChI=1S/C7H3F4IO/c8-4-1-3(7(9,10)11)2-5(13)6(4)12/h1-2,13H. The lowest BCUT2D eigenvalue weighted by atomic mass is 10.2. The third-order valence-electron chi connectivity index (χ3n) is 1.34.